The van der Waals surface area contributed by atoms with Gasteiger partial charge >= 0.3 is 12.1 Å². The van der Waals surface area contributed by atoms with E-state index in [0.717, 1.165) is 19.5 Å². The summed E-state index contributed by atoms with van der Waals surface area (Å²) in [6.45, 7) is 1.64. The monoisotopic (exact) mass is 389 g/mol. The van der Waals surface area contributed by atoms with E-state index < -0.39 is 17.1 Å². The summed E-state index contributed by atoms with van der Waals surface area (Å²) < 4.78 is 33.6. The number of aliphatic carboxylic acids is 1. The number of hydrogen-bond donors (Lipinski definition) is 1. The van der Waals surface area contributed by atoms with Crippen molar-refractivity contribution in [3.05, 3.63) is 50.8 Å². The standard InChI is InChI=1S/C14H17N3O3.C2HF3O2/c1-15(2)7-3-8-16-9-6-14(18)12-5-4-11(17(19)20)10-13(12)16;3-2(4,5)1(6)7/h4-6,9-10H,3,7-8H2,1-2H3;(H,6,7). The van der Waals surface area contributed by atoms with Crippen molar-refractivity contribution in [1.82, 2.24) is 9.47 Å². The van der Waals surface area contributed by atoms with Gasteiger partial charge in [0, 0.05) is 36.3 Å². The number of carboxylic acids is 1. The number of aryl methyl sites for hydroxylation is 1. The van der Waals surface area contributed by atoms with E-state index in [1.807, 2.05) is 18.7 Å². The molecule has 1 aromatic carbocycles. The molecule has 0 fully saturated rings. The van der Waals surface area contributed by atoms with Gasteiger partial charge in [0.1, 0.15) is 0 Å². The normalized spacial score (nSPS) is 11.2. The van der Waals surface area contributed by atoms with E-state index in [1.165, 1.54) is 24.3 Å². The maximum Gasteiger partial charge on any atom is 0.490 e. The Morgan fingerprint density at radius 3 is 2.37 bits per heavy atom. The Morgan fingerprint density at radius 1 is 1.30 bits per heavy atom. The lowest BCUT2D eigenvalue weighted by molar-refractivity contribution is -0.384. The van der Waals surface area contributed by atoms with Crippen LogP contribution in [0.15, 0.2) is 35.3 Å². The number of benzene rings is 1. The molecule has 148 valence electrons. The van der Waals surface area contributed by atoms with E-state index in [2.05, 4.69) is 4.90 Å². The number of aromatic nitrogens is 1. The second-order valence-electron chi connectivity index (χ2n) is 5.79. The van der Waals surface area contributed by atoms with Crippen LogP contribution in [0.5, 0.6) is 0 Å². The molecule has 1 aromatic heterocycles. The molecule has 0 saturated heterocycles. The van der Waals surface area contributed by atoms with Crippen LogP contribution in [0.25, 0.3) is 10.9 Å². The Hall–Kier alpha value is -2.95. The van der Waals surface area contributed by atoms with Gasteiger partial charge < -0.3 is 14.6 Å². The minimum absolute atomic E-state index is 0.00413. The predicted octanol–water partition coefficient (Wildman–Crippen LogP) is 2.49. The number of halogens is 3. The molecule has 0 saturated carbocycles. The van der Waals surface area contributed by atoms with Crippen molar-refractivity contribution in [3.8, 4) is 0 Å². The molecule has 0 atom stereocenters. The highest BCUT2D eigenvalue weighted by Gasteiger charge is 2.38. The van der Waals surface area contributed by atoms with E-state index in [1.54, 1.807) is 6.20 Å². The molecule has 0 aliphatic carbocycles. The van der Waals surface area contributed by atoms with Crippen LogP contribution >= 0.6 is 0 Å². The molecule has 0 spiro atoms. The van der Waals surface area contributed by atoms with Crippen LogP contribution in [0.3, 0.4) is 0 Å². The summed E-state index contributed by atoms with van der Waals surface area (Å²) in [4.78, 5) is 33.2. The maximum atomic E-state index is 11.8. The summed E-state index contributed by atoms with van der Waals surface area (Å²) in [6, 6.07) is 5.86. The molecule has 0 aliphatic rings. The Bertz CT molecular complexity index is 878. The largest absolute Gasteiger partial charge is 0.490 e. The molecule has 0 radical (unpaired) electrons. The predicted molar refractivity (Wildman–Crippen MR) is 91.7 cm³/mol. The zero-order valence-electron chi connectivity index (χ0n) is 14.6. The zero-order chi connectivity index (χ0) is 20.8. The highest BCUT2D eigenvalue weighted by Crippen LogP contribution is 2.18. The maximum absolute atomic E-state index is 11.8. The quantitative estimate of drug-likeness (QED) is 0.622. The topological polar surface area (TPSA) is 106 Å². The fraction of sp³-hybridized carbons (Fsp3) is 0.375. The van der Waals surface area contributed by atoms with Gasteiger partial charge in [0.15, 0.2) is 5.43 Å². The van der Waals surface area contributed by atoms with Crippen molar-refractivity contribution in [2.45, 2.75) is 19.1 Å². The average molecular weight is 389 g/mol. The van der Waals surface area contributed by atoms with Gasteiger partial charge in [-0.1, -0.05) is 0 Å². The van der Waals surface area contributed by atoms with Gasteiger partial charge in [-0.3, -0.25) is 14.9 Å². The third kappa shape index (κ3) is 6.70. The second-order valence-corrected chi connectivity index (χ2v) is 5.79. The van der Waals surface area contributed by atoms with Crippen LogP contribution in [0.1, 0.15) is 6.42 Å². The number of non-ortho nitro benzene ring substituents is 1. The summed E-state index contributed by atoms with van der Waals surface area (Å²) in [5, 5.41) is 18.5. The fourth-order valence-corrected chi connectivity index (χ4v) is 2.16. The molecule has 2 rings (SSSR count). The lowest BCUT2D eigenvalue weighted by atomic mass is 10.2. The second kappa shape index (κ2) is 9.12. The first-order chi connectivity index (χ1) is 12.4. The highest BCUT2D eigenvalue weighted by atomic mass is 19.4. The lowest BCUT2D eigenvalue weighted by Crippen LogP contribution is -2.21. The molecule has 2 aromatic rings. The van der Waals surface area contributed by atoms with Gasteiger partial charge in [-0.25, -0.2) is 4.79 Å². The Balaban J connectivity index is 0.000000445. The molecule has 1 N–H and O–H groups in total. The molecule has 0 unspecified atom stereocenters. The number of nitro groups is 1. The summed E-state index contributed by atoms with van der Waals surface area (Å²) in [5.41, 5.74) is 0.508. The van der Waals surface area contributed by atoms with Gasteiger partial charge in [0.05, 0.1) is 10.4 Å². The SMILES string of the molecule is CN(C)CCCn1ccc(=O)c2ccc([N+](=O)[O-])cc21.O=C(O)C(F)(F)F. The summed E-state index contributed by atoms with van der Waals surface area (Å²) in [7, 11) is 3.99. The Morgan fingerprint density at radius 2 is 1.89 bits per heavy atom. The smallest absolute Gasteiger partial charge is 0.475 e. The van der Waals surface area contributed by atoms with E-state index in [4.69, 9.17) is 9.90 Å². The van der Waals surface area contributed by atoms with Crippen molar-refractivity contribution in [3.63, 3.8) is 0 Å². The minimum Gasteiger partial charge on any atom is -0.475 e. The van der Waals surface area contributed by atoms with Crippen molar-refractivity contribution >= 4 is 22.6 Å². The number of nitro benzene ring substituents is 1. The van der Waals surface area contributed by atoms with Gasteiger partial charge in [-0.2, -0.15) is 13.2 Å². The van der Waals surface area contributed by atoms with Crippen LogP contribution in [0.2, 0.25) is 0 Å². The molecule has 0 bridgehead atoms. The number of pyridine rings is 1. The highest BCUT2D eigenvalue weighted by molar-refractivity contribution is 5.81. The Kier molecular flexibility index (Phi) is 7.46. The first-order valence-corrected chi connectivity index (χ1v) is 7.66. The first-order valence-electron chi connectivity index (χ1n) is 7.66. The van der Waals surface area contributed by atoms with Crippen LogP contribution in [0.4, 0.5) is 18.9 Å². The van der Waals surface area contributed by atoms with Gasteiger partial charge in [-0.15, -0.1) is 0 Å². The number of carboxylic acid groups (broad SMARTS) is 1. The van der Waals surface area contributed by atoms with Gasteiger partial charge in [0.25, 0.3) is 5.69 Å². The van der Waals surface area contributed by atoms with Gasteiger partial charge in [-0.05, 0) is 33.1 Å². The number of fused-ring (bicyclic) bond motifs is 1. The number of alkyl halides is 3. The molecule has 27 heavy (non-hydrogen) atoms. The van der Waals surface area contributed by atoms with E-state index in [0.29, 0.717) is 10.9 Å². The average Bonchev–Trinajstić information content (AvgIpc) is 2.56. The third-order valence-corrected chi connectivity index (χ3v) is 3.42. The fourth-order valence-electron chi connectivity index (χ4n) is 2.16. The molecule has 1 heterocycles. The summed E-state index contributed by atoms with van der Waals surface area (Å²) >= 11 is 0. The number of nitrogens with zero attached hydrogens (tertiary/aromatic N) is 3. The number of carbonyl (C=O) groups is 1. The summed E-state index contributed by atoms with van der Waals surface area (Å²) in [5.74, 6) is -2.76. The van der Waals surface area contributed by atoms with Crippen molar-refractivity contribution in [1.29, 1.82) is 0 Å². The van der Waals surface area contributed by atoms with Crippen molar-refractivity contribution in [2.24, 2.45) is 0 Å². The molecule has 8 nitrogen and oxygen atoms in total. The zero-order valence-corrected chi connectivity index (χ0v) is 14.6. The van der Waals surface area contributed by atoms with Crippen molar-refractivity contribution in [2.75, 3.05) is 20.6 Å². The molecule has 0 aliphatic heterocycles. The summed E-state index contributed by atoms with van der Waals surface area (Å²) in [6.07, 6.45) is -2.47. The molecule has 0 amide bonds. The van der Waals surface area contributed by atoms with E-state index in [-0.39, 0.29) is 11.1 Å². The number of rotatable bonds is 5. The van der Waals surface area contributed by atoms with Gasteiger partial charge in [0.2, 0.25) is 0 Å². The van der Waals surface area contributed by atoms with Crippen LogP contribution in [-0.2, 0) is 11.3 Å². The minimum atomic E-state index is -5.08. The van der Waals surface area contributed by atoms with E-state index in [9.17, 15) is 28.1 Å². The van der Waals surface area contributed by atoms with Crippen LogP contribution < -0.4 is 5.43 Å². The first kappa shape index (κ1) is 22.1. The van der Waals surface area contributed by atoms with E-state index >= 15 is 0 Å². The lowest BCUT2D eigenvalue weighted by Gasteiger charge is -2.13. The number of hydrogen-bond acceptors (Lipinski definition) is 5. The Labute approximate surface area is 151 Å². The molecular formula is C16H18F3N3O5. The molecular weight excluding hydrogens is 371 g/mol. The van der Waals surface area contributed by atoms with Crippen LogP contribution in [0, 0.1) is 10.1 Å². The van der Waals surface area contributed by atoms with Crippen molar-refractivity contribution < 1.29 is 28.0 Å². The molecule has 11 heteroatoms. The van der Waals surface area contributed by atoms with Crippen LogP contribution in [-0.4, -0.2) is 52.3 Å². The third-order valence-electron chi connectivity index (χ3n) is 3.42.